The van der Waals surface area contributed by atoms with Crippen molar-refractivity contribution in [3.8, 4) is 0 Å². The Hall–Kier alpha value is -0.690. The Bertz CT molecular complexity index is 525. The Balaban J connectivity index is 1.58. The average Bonchev–Trinajstić information content (AvgIpc) is 2.84. The molecular formula is C20H33N3. The number of nitrogens with zero attached hydrogens (tertiary/aromatic N) is 3. The maximum absolute atomic E-state index is 8.78. The zero-order valence-electron chi connectivity index (χ0n) is 15.2. The summed E-state index contributed by atoms with van der Waals surface area (Å²) < 4.78 is 0. The van der Waals surface area contributed by atoms with Gasteiger partial charge < -0.3 is 0 Å². The summed E-state index contributed by atoms with van der Waals surface area (Å²) in [5.41, 5.74) is 9.94. The second-order valence-electron chi connectivity index (χ2n) is 9.81. The molecule has 0 bridgehead atoms. The molecule has 0 aliphatic heterocycles. The first-order valence-corrected chi connectivity index (χ1v) is 10.0. The van der Waals surface area contributed by atoms with Gasteiger partial charge in [0.25, 0.3) is 0 Å². The molecule has 0 N–H and O–H groups in total. The van der Waals surface area contributed by atoms with Crippen LogP contribution >= 0.6 is 0 Å². The molecule has 0 amide bonds. The first-order valence-electron chi connectivity index (χ1n) is 10.0. The second kappa shape index (κ2) is 5.41. The van der Waals surface area contributed by atoms with Gasteiger partial charge in [0.2, 0.25) is 0 Å². The highest BCUT2D eigenvalue weighted by atomic mass is 15.1. The molecule has 0 aromatic carbocycles. The normalized spacial score (nSPS) is 55.3. The molecule has 3 nitrogen and oxygen atoms in total. The van der Waals surface area contributed by atoms with Crippen LogP contribution in [0.15, 0.2) is 5.11 Å². The summed E-state index contributed by atoms with van der Waals surface area (Å²) in [4.78, 5) is 3.09. The summed E-state index contributed by atoms with van der Waals surface area (Å²) >= 11 is 0. The molecule has 0 saturated heterocycles. The highest BCUT2D eigenvalue weighted by Gasteiger charge is 2.59. The van der Waals surface area contributed by atoms with Gasteiger partial charge in [-0.25, -0.2) is 0 Å². The van der Waals surface area contributed by atoms with Gasteiger partial charge in [0.15, 0.2) is 0 Å². The molecule has 4 aliphatic rings. The molecule has 128 valence electrons. The minimum atomic E-state index is 0.273. The van der Waals surface area contributed by atoms with Gasteiger partial charge in [0, 0.05) is 11.0 Å². The molecule has 4 aliphatic carbocycles. The molecule has 0 aromatic rings. The lowest BCUT2D eigenvalue weighted by Gasteiger charge is -2.61. The van der Waals surface area contributed by atoms with Crippen LogP contribution in [0.1, 0.15) is 78.6 Å². The van der Waals surface area contributed by atoms with Crippen molar-refractivity contribution >= 4 is 0 Å². The van der Waals surface area contributed by atoms with E-state index >= 15 is 0 Å². The van der Waals surface area contributed by atoms with Gasteiger partial charge >= 0.3 is 0 Å². The summed E-state index contributed by atoms with van der Waals surface area (Å²) in [5.74, 6) is 4.65. The van der Waals surface area contributed by atoms with Crippen LogP contribution in [-0.4, -0.2) is 6.04 Å². The fourth-order valence-corrected chi connectivity index (χ4v) is 7.68. The molecule has 0 unspecified atom stereocenters. The third-order valence-corrected chi connectivity index (χ3v) is 9.33. The molecule has 0 heterocycles. The lowest BCUT2D eigenvalue weighted by Crippen LogP contribution is -2.53. The lowest BCUT2D eigenvalue weighted by molar-refractivity contribution is -0.111. The van der Waals surface area contributed by atoms with Crippen molar-refractivity contribution in [2.45, 2.75) is 84.6 Å². The minimum absolute atomic E-state index is 0.273. The van der Waals surface area contributed by atoms with Crippen LogP contribution in [0.4, 0.5) is 0 Å². The van der Waals surface area contributed by atoms with Crippen molar-refractivity contribution in [3.63, 3.8) is 0 Å². The summed E-state index contributed by atoms with van der Waals surface area (Å²) in [6.45, 7) is 7.72. The first kappa shape index (κ1) is 15.8. The van der Waals surface area contributed by atoms with Gasteiger partial charge in [-0.15, -0.1) is 0 Å². The highest BCUT2D eigenvalue weighted by Crippen LogP contribution is 2.67. The van der Waals surface area contributed by atoms with E-state index in [1.807, 2.05) is 0 Å². The maximum Gasteiger partial charge on any atom is 0.0377 e. The van der Waals surface area contributed by atoms with Crippen molar-refractivity contribution in [1.82, 2.24) is 0 Å². The zero-order valence-corrected chi connectivity index (χ0v) is 15.2. The molecule has 3 heteroatoms. The van der Waals surface area contributed by atoms with Crippen LogP contribution in [0.5, 0.6) is 0 Å². The van der Waals surface area contributed by atoms with E-state index in [0.717, 1.165) is 42.4 Å². The summed E-state index contributed by atoms with van der Waals surface area (Å²) in [6, 6.07) is 0.273. The fraction of sp³-hybridized carbons (Fsp3) is 1.00. The van der Waals surface area contributed by atoms with Crippen molar-refractivity contribution in [3.05, 3.63) is 10.4 Å². The minimum Gasteiger partial charge on any atom is -0.0906 e. The molecule has 0 spiro atoms. The van der Waals surface area contributed by atoms with Crippen LogP contribution < -0.4 is 0 Å². The van der Waals surface area contributed by atoms with Crippen LogP contribution in [0.2, 0.25) is 0 Å². The Kier molecular flexibility index (Phi) is 3.72. The van der Waals surface area contributed by atoms with E-state index in [1.54, 1.807) is 0 Å². The smallest absolute Gasteiger partial charge is 0.0377 e. The van der Waals surface area contributed by atoms with Gasteiger partial charge in [-0.2, -0.15) is 0 Å². The van der Waals surface area contributed by atoms with Crippen molar-refractivity contribution in [2.75, 3.05) is 0 Å². The largest absolute Gasteiger partial charge is 0.0906 e. The molecule has 4 saturated carbocycles. The SMILES string of the molecule is C[C@H]1CC[C@H]2[C@@H]3CC[C@@H]4C[C@H](N=[N+]=[N-])CC[C@]4(C)[C@H]3CC[C@]12C. The van der Waals surface area contributed by atoms with E-state index in [0.29, 0.717) is 10.8 Å². The predicted octanol–water partition coefficient (Wildman–Crippen LogP) is 6.34. The molecular weight excluding hydrogens is 282 g/mol. The van der Waals surface area contributed by atoms with Gasteiger partial charge in [-0.1, -0.05) is 25.9 Å². The quantitative estimate of drug-likeness (QED) is 0.308. The lowest BCUT2D eigenvalue weighted by atomic mass is 9.44. The number of rotatable bonds is 1. The molecule has 4 rings (SSSR count). The second-order valence-corrected chi connectivity index (χ2v) is 9.81. The molecule has 8 atom stereocenters. The zero-order chi connectivity index (χ0) is 16.2. The summed E-state index contributed by atoms with van der Waals surface area (Å²) in [7, 11) is 0. The average molecular weight is 316 g/mol. The Morgan fingerprint density at radius 2 is 1.65 bits per heavy atom. The van der Waals surface area contributed by atoms with Crippen molar-refractivity contribution < 1.29 is 0 Å². The van der Waals surface area contributed by atoms with Gasteiger partial charge in [0.05, 0.1) is 0 Å². The van der Waals surface area contributed by atoms with Gasteiger partial charge in [-0.05, 0) is 104 Å². The third-order valence-electron chi connectivity index (χ3n) is 9.33. The van der Waals surface area contributed by atoms with Crippen LogP contribution in [0.25, 0.3) is 10.4 Å². The van der Waals surface area contributed by atoms with Gasteiger partial charge in [-0.3, -0.25) is 0 Å². The topological polar surface area (TPSA) is 48.8 Å². The number of azide groups is 1. The Labute approximate surface area is 141 Å². The number of hydrogen-bond donors (Lipinski definition) is 0. The monoisotopic (exact) mass is 315 g/mol. The van der Waals surface area contributed by atoms with Crippen LogP contribution in [0, 0.1) is 40.4 Å². The van der Waals surface area contributed by atoms with Crippen molar-refractivity contribution in [1.29, 1.82) is 0 Å². The maximum atomic E-state index is 8.78. The fourth-order valence-electron chi connectivity index (χ4n) is 7.68. The third kappa shape index (κ3) is 2.18. The standard InChI is InChI=1S/C20H33N3/c1-13-4-7-17-16-6-5-14-12-15(22-23-21)8-10-20(14,3)18(16)9-11-19(13,17)2/h13-18H,4-12H2,1-3H3/t13-,14+,15+,16-,17-,18-,19+,20-/m0/s1. The van der Waals surface area contributed by atoms with E-state index < -0.39 is 0 Å². The van der Waals surface area contributed by atoms with Crippen LogP contribution in [-0.2, 0) is 0 Å². The highest BCUT2D eigenvalue weighted by molar-refractivity contribution is 5.09. The molecule has 4 fully saturated rings. The van der Waals surface area contributed by atoms with Crippen molar-refractivity contribution in [2.24, 2.45) is 45.5 Å². The predicted molar refractivity (Wildman–Crippen MR) is 93.8 cm³/mol. The summed E-state index contributed by atoms with van der Waals surface area (Å²) in [5, 5.41) is 4.06. The number of fused-ring (bicyclic) bond motifs is 5. The Morgan fingerprint density at radius 1 is 0.913 bits per heavy atom. The van der Waals surface area contributed by atoms with E-state index in [1.165, 1.54) is 44.9 Å². The van der Waals surface area contributed by atoms with Gasteiger partial charge in [0.1, 0.15) is 0 Å². The Morgan fingerprint density at radius 3 is 2.43 bits per heavy atom. The van der Waals surface area contributed by atoms with E-state index in [9.17, 15) is 0 Å². The number of hydrogen-bond acceptors (Lipinski definition) is 1. The van der Waals surface area contributed by atoms with E-state index in [2.05, 4.69) is 30.8 Å². The first-order chi connectivity index (χ1) is 11.0. The van der Waals surface area contributed by atoms with E-state index in [4.69, 9.17) is 5.53 Å². The molecule has 0 aromatic heterocycles. The van der Waals surface area contributed by atoms with Crippen LogP contribution in [0.3, 0.4) is 0 Å². The molecule has 0 radical (unpaired) electrons. The van der Waals surface area contributed by atoms with E-state index in [-0.39, 0.29) is 6.04 Å². The molecule has 23 heavy (non-hydrogen) atoms. The summed E-state index contributed by atoms with van der Waals surface area (Å²) in [6.07, 6.45) is 12.3.